The van der Waals surface area contributed by atoms with Gasteiger partial charge < -0.3 is 29.6 Å². The number of carbonyl (C=O) groups is 4. The van der Waals surface area contributed by atoms with Crippen molar-refractivity contribution in [3.8, 4) is 11.5 Å². The summed E-state index contributed by atoms with van der Waals surface area (Å²) in [6.45, 7) is 4.84. The Hall–Kier alpha value is -4.35. The van der Waals surface area contributed by atoms with Gasteiger partial charge in [0.1, 0.15) is 17.6 Å². The lowest BCUT2D eigenvalue weighted by atomic mass is 10.0. The van der Waals surface area contributed by atoms with Crippen molar-refractivity contribution in [1.82, 2.24) is 10.6 Å². The number of para-hydroxylation sites is 1. The van der Waals surface area contributed by atoms with E-state index in [-0.39, 0.29) is 24.4 Å². The van der Waals surface area contributed by atoms with E-state index >= 15 is 0 Å². The van der Waals surface area contributed by atoms with Crippen LogP contribution in [0, 0.1) is 6.92 Å². The van der Waals surface area contributed by atoms with E-state index in [0.717, 1.165) is 4.90 Å². The highest BCUT2D eigenvalue weighted by molar-refractivity contribution is 7.80. The summed E-state index contributed by atoms with van der Waals surface area (Å²) in [7, 11) is 2.70. The number of benzene rings is 3. The van der Waals surface area contributed by atoms with E-state index < -0.39 is 24.1 Å². The van der Waals surface area contributed by atoms with Crippen LogP contribution in [0.1, 0.15) is 55.5 Å². The van der Waals surface area contributed by atoms with Gasteiger partial charge in [-0.15, -0.1) is 12.6 Å². The fourth-order valence-corrected chi connectivity index (χ4v) is 4.54. The Morgan fingerprint density at radius 2 is 1.46 bits per heavy atom. The predicted molar refractivity (Wildman–Crippen MR) is 178 cm³/mol. The summed E-state index contributed by atoms with van der Waals surface area (Å²) in [6, 6.07) is 23.7. The first-order chi connectivity index (χ1) is 22.0. The lowest BCUT2D eigenvalue weighted by molar-refractivity contribution is -0.152. The summed E-state index contributed by atoms with van der Waals surface area (Å²) < 4.78 is 21.1. The Bertz CT molecular complexity index is 1360. The summed E-state index contributed by atoms with van der Waals surface area (Å²) >= 11 is 4.13. The van der Waals surface area contributed by atoms with E-state index in [1.165, 1.54) is 33.6 Å². The van der Waals surface area contributed by atoms with E-state index in [1.807, 2.05) is 54.6 Å². The van der Waals surface area contributed by atoms with Crippen LogP contribution >= 0.6 is 12.6 Å². The molecule has 46 heavy (non-hydrogen) atoms. The molecule has 0 bridgehead atoms. The minimum absolute atomic E-state index is 0.0812. The highest BCUT2D eigenvalue weighted by Gasteiger charge is 2.23. The number of methoxy groups -OCH3 is 2. The van der Waals surface area contributed by atoms with Crippen molar-refractivity contribution in [2.45, 2.75) is 69.6 Å². The number of thiol groups is 1. The van der Waals surface area contributed by atoms with Gasteiger partial charge in [0.15, 0.2) is 6.10 Å². The highest BCUT2D eigenvalue weighted by atomic mass is 32.1. The molecule has 3 aromatic rings. The van der Waals surface area contributed by atoms with Gasteiger partial charge in [-0.1, -0.05) is 42.0 Å². The van der Waals surface area contributed by atoms with Gasteiger partial charge in [-0.3, -0.25) is 14.4 Å². The molecule has 248 valence electrons. The van der Waals surface area contributed by atoms with Crippen LogP contribution < -0.4 is 15.4 Å². The van der Waals surface area contributed by atoms with Gasteiger partial charge >= 0.3 is 11.9 Å². The molecule has 3 atom stereocenters. The van der Waals surface area contributed by atoms with E-state index in [1.54, 1.807) is 24.3 Å². The molecule has 0 spiro atoms. The quantitative estimate of drug-likeness (QED) is 0.141. The normalized spacial score (nSPS) is 12.3. The molecule has 10 nitrogen and oxygen atoms in total. The fourth-order valence-electron chi connectivity index (χ4n) is 4.40. The zero-order chi connectivity index (χ0) is 33.9. The van der Waals surface area contributed by atoms with Crippen LogP contribution in [-0.4, -0.2) is 62.8 Å². The largest absolute Gasteiger partial charge is 0.467 e. The van der Waals surface area contributed by atoms with Gasteiger partial charge in [0, 0.05) is 37.5 Å². The Kier molecular flexibility index (Phi) is 17.0. The van der Waals surface area contributed by atoms with Crippen LogP contribution in [0.4, 0.5) is 0 Å². The second kappa shape index (κ2) is 20.6. The molecule has 0 radical (unpaired) electrons. The Balaban J connectivity index is 0.000000797. The van der Waals surface area contributed by atoms with E-state index in [9.17, 15) is 19.2 Å². The predicted octanol–water partition coefficient (Wildman–Crippen LogP) is 5.68. The number of aryl methyl sites for hydroxylation is 1. The van der Waals surface area contributed by atoms with Crippen LogP contribution in [-0.2, 0) is 28.6 Å². The number of hydrogen-bond donors (Lipinski definition) is 3. The smallest absolute Gasteiger partial charge is 0.334 e. The molecule has 0 heterocycles. The maximum absolute atomic E-state index is 12.8. The van der Waals surface area contributed by atoms with Gasteiger partial charge in [0.2, 0.25) is 5.91 Å². The molecule has 3 aromatic carbocycles. The third kappa shape index (κ3) is 15.1. The molecule has 0 aliphatic rings. The zero-order valence-electron chi connectivity index (χ0n) is 27.0. The van der Waals surface area contributed by atoms with Crippen molar-refractivity contribution in [3.63, 3.8) is 0 Å². The fraction of sp³-hybridized carbons (Fsp3) is 0.371. The van der Waals surface area contributed by atoms with Crippen LogP contribution in [0.5, 0.6) is 11.5 Å². The zero-order valence-corrected chi connectivity index (χ0v) is 27.9. The first kappa shape index (κ1) is 37.8. The molecular formula is C35H44N2O8S. The third-order valence-corrected chi connectivity index (χ3v) is 7.00. The average Bonchev–Trinajstić information content (AvgIpc) is 3.03. The standard InChI is InChI=1S/C28H36N2O8.C7H8S/c1-19(31)30-22(14-16-26(35-3)28(34)36-4)13-15-25(37-20(2)32)18-29-27(33)21-9-8-12-24(17-21)38-23-10-6-5-7-11-23;1-6-2-4-7(8)5-3-6/h5-12,17,22,25-26H,13-16,18H2,1-4H3,(H,29,33)(H,30,31);2-5,8H,1H3. The summed E-state index contributed by atoms with van der Waals surface area (Å²) in [5.41, 5.74) is 1.67. The molecule has 2 N–H and O–H groups in total. The Morgan fingerprint density at radius 3 is 2.04 bits per heavy atom. The van der Waals surface area contributed by atoms with Crippen LogP contribution in [0.2, 0.25) is 0 Å². The number of nitrogens with one attached hydrogen (secondary N) is 2. The van der Waals surface area contributed by atoms with Crippen LogP contribution in [0.3, 0.4) is 0 Å². The van der Waals surface area contributed by atoms with E-state index in [0.29, 0.717) is 42.7 Å². The van der Waals surface area contributed by atoms with Crippen molar-refractivity contribution in [2.24, 2.45) is 0 Å². The summed E-state index contributed by atoms with van der Waals surface area (Å²) in [4.78, 5) is 49.0. The molecule has 3 rings (SSSR count). The molecule has 0 saturated carbocycles. The van der Waals surface area contributed by atoms with Crippen molar-refractivity contribution in [2.75, 3.05) is 20.8 Å². The monoisotopic (exact) mass is 652 g/mol. The Labute approximate surface area is 276 Å². The highest BCUT2D eigenvalue weighted by Crippen LogP contribution is 2.22. The van der Waals surface area contributed by atoms with Crippen LogP contribution in [0.25, 0.3) is 0 Å². The topological polar surface area (TPSA) is 129 Å². The molecule has 0 aliphatic heterocycles. The number of carbonyl (C=O) groups excluding carboxylic acids is 4. The molecular weight excluding hydrogens is 608 g/mol. The summed E-state index contributed by atoms with van der Waals surface area (Å²) in [6.07, 6.45) is 0.241. The third-order valence-electron chi connectivity index (χ3n) is 6.70. The second-order valence-corrected chi connectivity index (χ2v) is 11.0. The number of amides is 2. The maximum Gasteiger partial charge on any atom is 0.334 e. The molecule has 0 aliphatic carbocycles. The minimum atomic E-state index is -0.749. The van der Waals surface area contributed by atoms with Gasteiger partial charge in [-0.25, -0.2) is 4.79 Å². The average molecular weight is 653 g/mol. The van der Waals surface area contributed by atoms with Crippen molar-refractivity contribution < 1.29 is 38.1 Å². The lowest BCUT2D eigenvalue weighted by Crippen LogP contribution is -2.38. The minimum Gasteiger partial charge on any atom is -0.467 e. The van der Waals surface area contributed by atoms with Gasteiger partial charge in [-0.05, 0) is 75.1 Å². The first-order valence-corrected chi connectivity index (χ1v) is 15.4. The maximum atomic E-state index is 12.8. The van der Waals surface area contributed by atoms with Crippen molar-refractivity contribution in [3.05, 3.63) is 90.0 Å². The molecule has 11 heteroatoms. The summed E-state index contributed by atoms with van der Waals surface area (Å²) in [5, 5.41) is 5.66. The number of rotatable bonds is 15. The Morgan fingerprint density at radius 1 is 0.804 bits per heavy atom. The van der Waals surface area contributed by atoms with E-state index in [2.05, 4.69) is 30.2 Å². The molecule has 3 unspecified atom stereocenters. The van der Waals surface area contributed by atoms with Gasteiger partial charge in [0.05, 0.1) is 13.7 Å². The molecule has 0 aromatic heterocycles. The number of esters is 2. The van der Waals surface area contributed by atoms with Crippen LogP contribution in [0.15, 0.2) is 83.8 Å². The first-order valence-electron chi connectivity index (χ1n) is 14.9. The molecule has 0 fully saturated rings. The van der Waals surface area contributed by atoms with Gasteiger partial charge in [0.25, 0.3) is 5.91 Å². The van der Waals surface area contributed by atoms with Gasteiger partial charge in [-0.2, -0.15) is 0 Å². The lowest BCUT2D eigenvalue weighted by Gasteiger charge is -2.23. The SMILES string of the molecule is COC(=O)C(CCC(CCC(CNC(=O)c1cccc(Oc2ccccc2)c1)OC(C)=O)NC(C)=O)OC.Cc1ccc(S)cc1. The molecule has 0 saturated heterocycles. The van der Waals surface area contributed by atoms with E-state index in [4.69, 9.17) is 18.9 Å². The molecule has 2 amide bonds. The number of hydrogen-bond acceptors (Lipinski definition) is 9. The second-order valence-electron chi connectivity index (χ2n) is 10.5. The van der Waals surface area contributed by atoms with Crippen molar-refractivity contribution in [1.29, 1.82) is 0 Å². The summed E-state index contributed by atoms with van der Waals surface area (Å²) in [5.74, 6) is -0.384. The van der Waals surface area contributed by atoms with Crippen molar-refractivity contribution >= 4 is 36.4 Å². The number of ether oxygens (including phenoxy) is 4.